The molecular formula is C48H61N7. The lowest BCUT2D eigenvalue weighted by atomic mass is 9.79. The molecule has 0 saturated heterocycles. The number of nitrogens with zero attached hydrogens (tertiary/aromatic N) is 4. The SMILES string of the molecule is C1CC1.C=Cc1ccc(-c2cc3c(NCc4ccc(C)cc4)c(C=C)cnc3cc2C(C#N)(C#N)C#N)cc1.CC.CNC1CC1.CNC1CCC(C)CC1. The largest absolute Gasteiger partial charge is 0.380 e. The molecule has 0 radical (unpaired) electrons. The molecule has 3 saturated carbocycles. The summed E-state index contributed by atoms with van der Waals surface area (Å²) >= 11 is 0. The van der Waals surface area contributed by atoms with Gasteiger partial charge in [0.2, 0.25) is 0 Å². The molecule has 288 valence electrons. The van der Waals surface area contributed by atoms with Gasteiger partial charge < -0.3 is 16.0 Å². The molecule has 0 amide bonds. The van der Waals surface area contributed by atoms with Gasteiger partial charge in [0.15, 0.2) is 0 Å². The molecule has 0 bridgehead atoms. The van der Waals surface area contributed by atoms with Crippen LogP contribution in [0.25, 0.3) is 34.2 Å². The van der Waals surface area contributed by atoms with Crippen LogP contribution in [0, 0.1) is 46.8 Å². The number of hydrogen-bond donors (Lipinski definition) is 3. The Labute approximate surface area is 331 Å². The predicted octanol–water partition coefficient (Wildman–Crippen LogP) is 11.3. The number of anilines is 1. The molecule has 0 spiro atoms. The molecule has 0 atom stereocenters. The predicted molar refractivity (Wildman–Crippen MR) is 232 cm³/mol. The summed E-state index contributed by atoms with van der Waals surface area (Å²) in [5, 5.41) is 40.4. The highest BCUT2D eigenvalue weighted by molar-refractivity contribution is 5.99. The average molecular weight is 736 g/mol. The average Bonchev–Trinajstić information content (AvgIpc) is 4.17. The van der Waals surface area contributed by atoms with E-state index in [2.05, 4.69) is 72.3 Å². The summed E-state index contributed by atoms with van der Waals surface area (Å²) in [6.45, 7) is 16.7. The summed E-state index contributed by atoms with van der Waals surface area (Å²) in [6, 6.07) is 26.9. The maximum absolute atomic E-state index is 9.87. The minimum absolute atomic E-state index is 0.303. The molecule has 3 aromatic carbocycles. The van der Waals surface area contributed by atoms with Crippen molar-refractivity contribution in [2.24, 2.45) is 5.92 Å². The standard InChI is InChI=1S/C31H23N5.C8H17N.C4H9N.C3H6.C2H6/c1-4-22-10-12-25(13-11-22)26-14-27-29(15-28(26)31(18-32,19-33)20-34)35-17-24(5-2)30(27)36-16-23-8-6-21(3)7-9-23;1-7-3-5-8(9-2)6-4-7;1-5-4-2-3-4;1-2-3-1;1-2/h4-15,17H,1-2,16H2,3H3,(H,35,36);7-9H,3-6H2,1-2H3;4-5H,2-3H2,1H3;1-3H2;1-2H3. The highest BCUT2D eigenvalue weighted by atomic mass is 14.9. The first-order chi connectivity index (χ1) is 26.7. The number of aromatic nitrogens is 1. The molecule has 4 aromatic rings. The second-order valence-corrected chi connectivity index (χ2v) is 14.3. The smallest absolute Gasteiger partial charge is 0.254 e. The van der Waals surface area contributed by atoms with Crippen molar-refractivity contribution >= 4 is 28.7 Å². The van der Waals surface area contributed by atoms with Crippen LogP contribution in [-0.4, -0.2) is 31.2 Å². The summed E-state index contributed by atoms with van der Waals surface area (Å²) in [6.07, 6.45) is 18.1. The third kappa shape index (κ3) is 13.2. The third-order valence-electron chi connectivity index (χ3n) is 9.97. The maximum Gasteiger partial charge on any atom is 0.254 e. The van der Waals surface area contributed by atoms with E-state index >= 15 is 0 Å². The van der Waals surface area contributed by atoms with Crippen LogP contribution in [0.1, 0.15) is 106 Å². The number of benzene rings is 3. The number of nitrogens with one attached hydrogen (secondary N) is 3. The first-order valence-corrected chi connectivity index (χ1v) is 19.9. The number of aryl methyl sites for hydroxylation is 1. The first-order valence-electron chi connectivity index (χ1n) is 19.9. The van der Waals surface area contributed by atoms with Crippen molar-refractivity contribution in [3.05, 3.63) is 108 Å². The molecule has 3 N–H and O–H groups in total. The summed E-state index contributed by atoms with van der Waals surface area (Å²) in [7, 11) is 4.08. The van der Waals surface area contributed by atoms with E-state index in [1.807, 2.05) is 76.4 Å². The molecule has 3 fully saturated rings. The van der Waals surface area contributed by atoms with Crippen LogP contribution in [0.4, 0.5) is 5.69 Å². The van der Waals surface area contributed by atoms with Crippen LogP contribution >= 0.6 is 0 Å². The van der Waals surface area contributed by atoms with Crippen molar-refractivity contribution in [2.45, 2.75) is 110 Å². The lowest BCUT2D eigenvalue weighted by Gasteiger charge is -2.25. The molecule has 3 aliphatic carbocycles. The van der Waals surface area contributed by atoms with Crippen molar-refractivity contribution in [2.75, 3.05) is 19.4 Å². The molecule has 1 heterocycles. The van der Waals surface area contributed by atoms with E-state index in [1.54, 1.807) is 24.4 Å². The summed E-state index contributed by atoms with van der Waals surface area (Å²) in [5.74, 6) is 0.981. The highest BCUT2D eigenvalue weighted by Crippen LogP contribution is 2.39. The van der Waals surface area contributed by atoms with Gasteiger partial charge in [-0.3, -0.25) is 4.98 Å². The Bertz CT molecular complexity index is 1890. The van der Waals surface area contributed by atoms with Crippen molar-refractivity contribution in [1.29, 1.82) is 15.8 Å². The second kappa shape index (κ2) is 22.8. The molecule has 0 unspecified atom stereocenters. The fourth-order valence-electron chi connectivity index (χ4n) is 6.03. The number of nitriles is 3. The van der Waals surface area contributed by atoms with E-state index in [0.29, 0.717) is 23.2 Å². The Morgan fingerprint density at radius 1 is 0.782 bits per heavy atom. The fourth-order valence-corrected chi connectivity index (χ4v) is 6.03. The Morgan fingerprint density at radius 3 is 1.78 bits per heavy atom. The molecule has 7 rings (SSSR count). The van der Waals surface area contributed by atoms with Gasteiger partial charge in [-0.25, -0.2) is 0 Å². The summed E-state index contributed by atoms with van der Waals surface area (Å²) in [4.78, 5) is 4.57. The van der Waals surface area contributed by atoms with Crippen LogP contribution in [0.15, 0.2) is 80.0 Å². The first kappa shape index (κ1) is 44.1. The van der Waals surface area contributed by atoms with Gasteiger partial charge in [0.25, 0.3) is 5.41 Å². The van der Waals surface area contributed by atoms with Gasteiger partial charge in [0, 0.05) is 41.3 Å². The zero-order chi connectivity index (χ0) is 40.2. The molecule has 7 nitrogen and oxygen atoms in total. The minimum Gasteiger partial charge on any atom is -0.380 e. The lowest BCUT2D eigenvalue weighted by Crippen LogP contribution is -2.29. The number of rotatable bonds is 9. The molecule has 0 aliphatic heterocycles. The zero-order valence-corrected chi connectivity index (χ0v) is 34.0. The second-order valence-electron chi connectivity index (χ2n) is 14.3. The maximum atomic E-state index is 9.87. The van der Waals surface area contributed by atoms with Crippen LogP contribution in [0.2, 0.25) is 0 Å². The Balaban J connectivity index is 0.000000346. The minimum atomic E-state index is -1.98. The Hall–Kier alpha value is -5.26. The summed E-state index contributed by atoms with van der Waals surface area (Å²) in [5.41, 5.74) is 5.19. The molecular weight excluding hydrogens is 675 g/mol. The van der Waals surface area contributed by atoms with Gasteiger partial charge in [-0.1, -0.05) is 119 Å². The van der Waals surface area contributed by atoms with E-state index in [-0.39, 0.29) is 0 Å². The van der Waals surface area contributed by atoms with Crippen molar-refractivity contribution in [3.8, 4) is 29.3 Å². The monoisotopic (exact) mass is 735 g/mol. The van der Waals surface area contributed by atoms with Crippen LogP contribution in [-0.2, 0) is 12.0 Å². The molecule has 3 aliphatic rings. The van der Waals surface area contributed by atoms with E-state index < -0.39 is 5.41 Å². The van der Waals surface area contributed by atoms with Crippen LogP contribution in [0.3, 0.4) is 0 Å². The molecule has 7 heteroatoms. The molecule has 1 aromatic heterocycles. The fraction of sp³-hybridized carbons (Fsp3) is 0.417. The number of pyridine rings is 1. The van der Waals surface area contributed by atoms with Gasteiger partial charge in [0.05, 0.1) is 11.2 Å². The summed E-state index contributed by atoms with van der Waals surface area (Å²) < 4.78 is 0. The van der Waals surface area contributed by atoms with Gasteiger partial charge in [-0.2, -0.15) is 15.8 Å². The molecule has 55 heavy (non-hydrogen) atoms. The zero-order valence-electron chi connectivity index (χ0n) is 34.0. The quantitative estimate of drug-likeness (QED) is 0.156. The lowest BCUT2D eigenvalue weighted by molar-refractivity contribution is 0.319. The highest BCUT2D eigenvalue weighted by Gasteiger charge is 2.36. The number of fused-ring (bicyclic) bond motifs is 1. The normalized spacial score (nSPS) is 16.5. The van der Waals surface area contributed by atoms with Crippen LogP contribution < -0.4 is 16.0 Å². The van der Waals surface area contributed by atoms with Gasteiger partial charge >= 0.3 is 0 Å². The Kier molecular flexibility index (Phi) is 18.3. The van der Waals surface area contributed by atoms with Crippen LogP contribution in [0.5, 0.6) is 0 Å². The van der Waals surface area contributed by atoms with Crippen molar-refractivity contribution in [3.63, 3.8) is 0 Å². The number of hydrogen-bond acceptors (Lipinski definition) is 7. The van der Waals surface area contributed by atoms with E-state index in [4.69, 9.17) is 0 Å². The van der Waals surface area contributed by atoms with Gasteiger partial charge in [-0.15, -0.1) is 0 Å². The van der Waals surface area contributed by atoms with E-state index in [9.17, 15) is 15.8 Å². The topological polar surface area (TPSA) is 120 Å². The Morgan fingerprint density at radius 2 is 1.33 bits per heavy atom. The van der Waals surface area contributed by atoms with Crippen molar-refractivity contribution < 1.29 is 0 Å². The third-order valence-corrected chi connectivity index (χ3v) is 9.97. The van der Waals surface area contributed by atoms with E-state index in [1.165, 1.54) is 63.4 Å². The van der Waals surface area contributed by atoms with Gasteiger partial charge in [0.1, 0.15) is 18.2 Å². The van der Waals surface area contributed by atoms with Gasteiger partial charge in [-0.05, 0) is 99.8 Å². The van der Waals surface area contributed by atoms with E-state index in [0.717, 1.165) is 51.3 Å². The van der Waals surface area contributed by atoms with Crippen molar-refractivity contribution in [1.82, 2.24) is 15.6 Å².